The number of aryl methyl sites for hydroxylation is 2. The Labute approximate surface area is 145 Å². The molecule has 0 aliphatic carbocycles. The monoisotopic (exact) mass is 342 g/mol. The maximum Gasteiger partial charge on any atom is 0.411 e. The summed E-state index contributed by atoms with van der Waals surface area (Å²) < 4.78 is 0. The van der Waals surface area contributed by atoms with Gasteiger partial charge in [0.2, 0.25) is 0 Å². The van der Waals surface area contributed by atoms with Crippen molar-refractivity contribution in [1.82, 2.24) is 4.98 Å². The number of amides is 1. The summed E-state index contributed by atoms with van der Waals surface area (Å²) in [5.41, 5.74) is 3.90. The molecule has 3 aromatic rings. The number of hydrogen-bond acceptors (Lipinski definition) is 1. The Hall–Kier alpha value is -2.46. The first kappa shape index (κ1) is 16.4. The van der Waals surface area contributed by atoms with Crippen LogP contribution in [-0.4, -0.2) is 22.7 Å². The first-order chi connectivity index (χ1) is 11.6. The fourth-order valence-corrected chi connectivity index (χ4v) is 3.14. The molecule has 0 bridgehead atoms. The summed E-state index contributed by atoms with van der Waals surface area (Å²) in [5, 5.41) is 11.3. The number of aromatic amines is 1. The second-order valence-corrected chi connectivity index (χ2v) is 6.26. The van der Waals surface area contributed by atoms with Crippen LogP contribution in [0.2, 0.25) is 5.02 Å². The van der Waals surface area contributed by atoms with Gasteiger partial charge in [0.15, 0.2) is 0 Å². The quantitative estimate of drug-likeness (QED) is 0.665. The van der Waals surface area contributed by atoms with Crippen LogP contribution in [0.15, 0.2) is 48.7 Å². The highest BCUT2D eigenvalue weighted by atomic mass is 35.5. The van der Waals surface area contributed by atoms with E-state index in [1.54, 1.807) is 0 Å². The molecule has 5 heteroatoms. The van der Waals surface area contributed by atoms with E-state index >= 15 is 0 Å². The molecule has 3 rings (SSSR count). The molecule has 4 nitrogen and oxygen atoms in total. The Morgan fingerprint density at radius 1 is 1.25 bits per heavy atom. The number of rotatable bonds is 5. The van der Waals surface area contributed by atoms with Crippen molar-refractivity contribution in [2.45, 2.75) is 19.8 Å². The molecule has 0 saturated heterocycles. The third kappa shape index (κ3) is 3.39. The number of hydrogen-bond donors (Lipinski definition) is 2. The standard InChI is InChI=1S/C19H19ClN2O2/c1-13-5-2-3-7-18(13)22(19(23)24)10-4-6-14-12-21-17-9-8-15(20)11-16(14)17/h2-3,5,7-9,11-12,21H,4,6,10H2,1H3,(H,23,24). The Kier molecular flexibility index (Phi) is 4.76. The lowest BCUT2D eigenvalue weighted by Gasteiger charge is -2.21. The second-order valence-electron chi connectivity index (χ2n) is 5.83. The number of halogens is 1. The smallest absolute Gasteiger partial charge is 0.411 e. The molecule has 0 aliphatic heterocycles. The van der Waals surface area contributed by atoms with Crippen molar-refractivity contribution in [1.29, 1.82) is 0 Å². The van der Waals surface area contributed by atoms with E-state index in [9.17, 15) is 9.90 Å². The van der Waals surface area contributed by atoms with Gasteiger partial charge >= 0.3 is 6.09 Å². The number of aromatic nitrogens is 1. The molecule has 2 N–H and O–H groups in total. The molecule has 1 amide bonds. The van der Waals surface area contributed by atoms with Crippen molar-refractivity contribution in [2.24, 2.45) is 0 Å². The first-order valence-corrected chi connectivity index (χ1v) is 8.25. The van der Waals surface area contributed by atoms with E-state index in [4.69, 9.17) is 11.6 Å². The summed E-state index contributed by atoms with van der Waals surface area (Å²) in [5.74, 6) is 0. The maximum atomic E-state index is 11.6. The van der Waals surface area contributed by atoms with Crippen molar-refractivity contribution in [3.63, 3.8) is 0 Å². The number of fused-ring (bicyclic) bond motifs is 1. The summed E-state index contributed by atoms with van der Waals surface area (Å²) in [6.45, 7) is 2.38. The zero-order chi connectivity index (χ0) is 17.1. The third-order valence-corrected chi connectivity index (χ3v) is 4.43. The summed E-state index contributed by atoms with van der Waals surface area (Å²) in [4.78, 5) is 16.2. The van der Waals surface area contributed by atoms with Gasteiger partial charge in [-0.2, -0.15) is 0 Å². The largest absolute Gasteiger partial charge is 0.465 e. The lowest BCUT2D eigenvalue weighted by Crippen LogP contribution is -2.31. The zero-order valence-electron chi connectivity index (χ0n) is 13.4. The van der Waals surface area contributed by atoms with Crippen LogP contribution in [0.1, 0.15) is 17.5 Å². The molecule has 0 fully saturated rings. The predicted octanol–water partition coefficient (Wildman–Crippen LogP) is 5.25. The molecule has 2 aromatic carbocycles. The van der Waals surface area contributed by atoms with Crippen molar-refractivity contribution >= 4 is 34.3 Å². The van der Waals surface area contributed by atoms with Gasteiger partial charge < -0.3 is 10.1 Å². The van der Waals surface area contributed by atoms with Crippen LogP contribution in [0.25, 0.3) is 10.9 Å². The van der Waals surface area contributed by atoms with Crippen molar-refractivity contribution in [3.8, 4) is 0 Å². The van der Waals surface area contributed by atoms with E-state index in [0.29, 0.717) is 11.6 Å². The molecule has 1 heterocycles. The number of H-pyrrole nitrogens is 1. The average Bonchev–Trinajstić information content (AvgIpc) is 2.94. The van der Waals surface area contributed by atoms with E-state index < -0.39 is 6.09 Å². The normalized spacial score (nSPS) is 10.9. The number of nitrogens with zero attached hydrogens (tertiary/aromatic N) is 1. The molecular formula is C19H19ClN2O2. The van der Waals surface area contributed by atoms with Crippen LogP contribution in [0.3, 0.4) is 0 Å². The summed E-state index contributed by atoms with van der Waals surface area (Å²) in [7, 11) is 0. The minimum absolute atomic E-state index is 0.452. The topological polar surface area (TPSA) is 56.3 Å². The van der Waals surface area contributed by atoms with Crippen LogP contribution in [0.5, 0.6) is 0 Å². The van der Waals surface area contributed by atoms with E-state index in [1.807, 2.05) is 55.6 Å². The van der Waals surface area contributed by atoms with Crippen LogP contribution in [-0.2, 0) is 6.42 Å². The summed E-state index contributed by atoms with van der Waals surface area (Å²) in [6, 6.07) is 13.3. The Morgan fingerprint density at radius 2 is 2.04 bits per heavy atom. The number of benzene rings is 2. The van der Waals surface area contributed by atoms with Gasteiger partial charge in [0.05, 0.1) is 0 Å². The molecule has 1 aromatic heterocycles. The van der Waals surface area contributed by atoms with E-state index in [1.165, 1.54) is 4.90 Å². The van der Waals surface area contributed by atoms with Crippen LogP contribution in [0, 0.1) is 6.92 Å². The highest BCUT2D eigenvalue weighted by molar-refractivity contribution is 6.31. The van der Waals surface area contributed by atoms with E-state index in [2.05, 4.69) is 4.98 Å². The number of anilines is 1. The van der Waals surface area contributed by atoms with Gasteiger partial charge in [-0.15, -0.1) is 0 Å². The third-order valence-electron chi connectivity index (χ3n) is 4.19. The molecule has 0 spiro atoms. The van der Waals surface area contributed by atoms with Gasteiger partial charge in [-0.25, -0.2) is 4.79 Å². The van der Waals surface area contributed by atoms with Crippen molar-refractivity contribution in [2.75, 3.05) is 11.4 Å². The number of para-hydroxylation sites is 1. The molecule has 0 radical (unpaired) electrons. The number of carboxylic acid groups (broad SMARTS) is 1. The highest BCUT2D eigenvalue weighted by Crippen LogP contribution is 2.24. The molecule has 0 unspecified atom stereocenters. The molecule has 0 atom stereocenters. The van der Waals surface area contributed by atoms with Crippen LogP contribution < -0.4 is 4.90 Å². The average molecular weight is 343 g/mol. The number of carbonyl (C=O) groups is 1. The lowest BCUT2D eigenvalue weighted by molar-refractivity contribution is 0.201. The van der Waals surface area contributed by atoms with Crippen LogP contribution >= 0.6 is 11.6 Å². The predicted molar refractivity (Wildman–Crippen MR) is 98.2 cm³/mol. The van der Waals surface area contributed by atoms with Crippen LogP contribution in [0.4, 0.5) is 10.5 Å². The van der Waals surface area contributed by atoms with Crippen molar-refractivity contribution < 1.29 is 9.90 Å². The van der Waals surface area contributed by atoms with E-state index in [0.717, 1.165) is 40.6 Å². The van der Waals surface area contributed by atoms with Gasteiger partial charge in [0, 0.05) is 34.4 Å². The second kappa shape index (κ2) is 6.97. The Bertz CT molecular complexity index is 873. The minimum atomic E-state index is -0.925. The fourth-order valence-electron chi connectivity index (χ4n) is 2.97. The van der Waals surface area contributed by atoms with Gasteiger partial charge in [0.1, 0.15) is 0 Å². The maximum absolute atomic E-state index is 11.6. The van der Waals surface area contributed by atoms with E-state index in [-0.39, 0.29) is 0 Å². The molecule has 0 aliphatic rings. The summed E-state index contributed by atoms with van der Waals surface area (Å²) in [6.07, 6.45) is 2.57. The Balaban J connectivity index is 1.72. The van der Waals surface area contributed by atoms with Crippen molar-refractivity contribution in [3.05, 3.63) is 64.8 Å². The zero-order valence-corrected chi connectivity index (χ0v) is 14.2. The minimum Gasteiger partial charge on any atom is -0.465 e. The van der Waals surface area contributed by atoms with Gasteiger partial charge in [-0.3, -0.25) is 4.90 Å². The fraction of sp³-hybridized carbons (Fsp3) is 0.211. The molecular weight excluding hydrogens is 324 g/mol. The van der Waals surface area contributed by atoms with Gasteiger partial charge in [-0.1, -0.05) is 29.8 Å². The van der Waals surface area contributed by atoms with Gasteiger partial charge in [-0.05, 0) is 55.2 Å². The molecule has 124 valence electrons. The summed E-state index contributed by atoms with van der Waals surface area (Å²) >= 11 is 6.07. The number of nitrogens with one attached hydrogen (secondary N) is 1. The highest BCUT2D eigenvalue weighted by Gasteiger charge is 2.16. The van der Waals surface area contributed by atoms with Gasteiger partial charge in [0.25, 0.3) is 0 Å². The molecule has 0 saturated carbocycles. The lowest BCUT2D eigenvalue weighted by atomic mass is 10.1. The first-order valence-electron chi connectivity index (χ1n) is 7.88. The molecule has 24 heavy (non-hydrogen) atoms. The Morgan fingerprint density at radius 3 is 2.79 bits per heavy atom. The SMILES string of the molecule is Cc1ccccc1N(CCCc1c[nH]c2ccc(Cl)cc12)C(=O)O.